The van der Waals surface area contributed by atoms with Gasteiger partial charge in [0.05, 0.1) is 0 Å². The molecule has 4 aliphatic carbocycles. The van der Waals surface area contributed by atoms with E-state index in [1.807, 2.05) is 0 Å². The predicted octanol–water partition coefficient (Wildman–Crippen LogP) is 4.32. The van der Waals surface area contributed by atoms with E-state index >= 15 is 0 Å². The first-order valence-electron chi connectivity index (χ1n) is 7.25. The highest BCUT2D eigenvalue weighted by molar-refractivity contribution is 5.33. The van der Waals surface area contributed by atoms with E-state index < -0.39 is 0 Å². The van der Waals surface area contributed by atoms with Crippen molar-refractivity contribution in [2.45, 2.75) is 44.9 Å². The summed E-state index contributed by atoms with van der Waals surface area (Å²) in [5.41, 5.74) is 3.62. The van der Waals surface area contributed by atoms with Crippen LogP contribution < -0.4 is 0 Å². The molecule has 4 bridgehead atoms. The molecule has 0 nitrogen and oxygen atoms in total. The molecule has 0 amide bonds. The van der Waals surface area contributed by atoms with Crippen molar-refractivity contribution in [2.24, 2.45) is 23.7 Å². The van der Waals surface area contributed by atoms with Crippen LogP contribution in [0.5, 0.6) is 0 Å². The largest absolute Gasteiger partial charge is 0.0620 e. The summed E-state index contributed by atoms with van der Waals surface area (Å²) < 4.78 is 0. The summed E-state index contributed by atoms with van der Waals surface area (Å²) in [5, 5.41) is 0. The van der Waals surface area contributed by atoms with E-state index in [1.54, 1.807) is 12.0 Å². The first kappa shape index (κ1) is 10.2. The second-order valence-corrected chi connectivity index (χ2v) is 7.04. The van der Waals surface area contributed by atoms with Crippen LogP contribution in [0.15, 0.2) is 24.3 Å². The molecule has 5 atom stereocenters. The number of hydrogen-bond acceptors (Lipinski definition) is 0. The maximum atomic E-state index is 2.51. The summed E-state index contributed by atoms with van der Waals surface area (Å²) in [7, 11) is 0. The van der Waals surface area contributed by atoms with Gasteiger partial charge in [0.25, 0.3) is 0 Å². The minimum atomic E-state index is 0.582. The molecule has 0 heteroatoms. The molecule has 4 fully saturated rings. The third-order valence-electron chi connectivity index (χ3n) is 6.23. The minimum absolute atomic E-state index is 0.582. The molecule has 0 saturated heterocycles. The molecule has 4 saturated carbocycles. The predicted molar refractivity (Wildman–Crippen MR) is 71.0 cm³/mol. The Morgan fingerprint density at radius 3 is 2.35 bits per heavy atom. The average Bonchev–Trinajstić information content (AvgIpc) is 2.71. The molecule has 0 radical (unpaired) electrons. The second kappa shape index (κ2) is 3.16. The molecule has 0 N–H and O–H groups in total. The second-order valence-electron chi connectivity index (χ2n) is 7.04. The lowest BCUT2D eigenvalue weighted by Crippen LogP contribution is -2.34. The highest BCUT2D eigenvalue weighted by atomic mass is 14.6. The first-order chi connectivity index (χ1) is 8.18. The number of hydrogen-bond donors (Lipinski definition) is 0. The van der Waals surface area contributed by atoms with E-state index in [-0.39, 0.29) is 0 Å². The lowest BCUT2D eigenvalue weighted by molar-refractivity contribution is 0.176. The summed E-state index contributed by atoms with van der Waals surface area (Å²) in [6.07, 6.45) is 5.99. The number of rotatable bonds is 1. The van der Waals surface area contributed by atoms with Crippen molar-refractivity contribution in [1.82, 2.24) is 0 Å². The molecule has 0 spiro atoms. The van der Waals surface area contributed by atoms with Crippen molar-refractivity contribution >= 4 is 0 Å². The zero-order valence-corrected chi connectivity index (χ0v) is 10.9. The molecule has 5 unspecified atom stereocenters. The third kappa shape index (κ3) is 1.25. The minimum Gasteiger partial charge on any atom is -0.0620 e. The van der Waals surface area contributed by atoms with Crippen LogP contribution in [-0.2, 0) is 5.41 Å². The Bertz CT molecular complexity index is 440. The first-order valence-corrected chi connectivity index (χ1v) is 7.25. The topological polar surface area (TPSA) is 0 Å². The van der Waals surface area contributed by atoms with Crippen LogP contribution in [0.2, 0.25) is 0 Å². The Hall–Kier alpha value is -0.780. The highest BCUT2D eigenvalue weighted by Crippen LogP contribution is 2.66. The van der Waals surface area contributed by atoms with Crippen LogP contribution in [0.1, 0.15) is 43.7 Å². The Balaban J connectivity index is 1.74. The fraction of sp³-hybridized carbons (Fsp3) is 0.647. The highest BCUT2D eigenvalue weighted by Gasteiger charge is 2.59. The molecule has 17 heavy (non-hydrogen) atoms. The summed E-state index contributed by atoms with van der Waals surface area (Å²) in [6.45, 7) is 4.71. The lowest BCUT2D eigenvalue weighted by Gasteiger charge is -2.41. The monoisotopic (exact) mass is 226 g/mol. The summed E-state index contributed by atoms with van der Waals surface area (Å²) in [6, 6.07) is 9.43. The Kier molecular flexibility index (Phi) is 1.89. The van der Waals surface area contributed by atoms with E-state index in [4.69, 9.17) is 0 Å². The van der Waals surface area contributed by atoms with Gasteiger partial charge >= 0.3 is 0 Å². The zero-order valence-electron chi connectivity index (χ0n) is 10.9. The van der Waals surface area contributed by atoms with Gasteiger partial charge in [-0.2, -0.15) is 0 Å². The van der Waals surface area contributed by atoms with Gasteiger partial charge in [-0.25, -0.2) is 0 Å². The van der Waals surface area contributed by atoms with Gasteiger partial charge in [0.1, 0.15) is 0 Å². The van der Waals surface area contributed by atoms with Crippen molar-refractivity contribution in [1.29, 1.82) is 0 Å². The van der Waals surface area contributed by atoms with E-state index in [1.165, 1.54) is 24.8 Å². The zero-order chi connectivity index (χ0) is 11.6. The third-order valence-corrected chi connectivity index (χ3v) is 6.23. The Morgan fingerprint density at radius 2 is 1.71 bits per heavy atom. The fourth-order valence-electron chi connectivity index (χ4n) is 5.38. The molecule has 0 aromatic heterocycles. The number of benzene rings is 1. The Labute approximate surface area is 104 Å². The normalized spacial score (nSPS) is 46.7. The quantitative estimate of drug-likeness (QED) is 0.669. The van der Waals surface area contributed by atoms with Crippen molar-refractivity contribution in [3.8, 4) is 0 Å². The maximum absolute atomic E-state index is 2.51. The van der Waals surface area contributed by atoms with Gasteiger partial charge in [0.2, 0.25) is 0 Å². The van der Waals surface area contributed by atoms with E-state index in [0.717, 1.165) is 23.7 Å². The molecule has 5 rings (SSSR count). The SMILES string of the molecule is Cc1ccc(C23CC4CC(C2)C(C3)C4C)cc1. The smallest absolute Gasteiger partial charge is 0.00387 e. The van der Waals surface area contributed by atoms with Crippen LogP contribution in [0.25, 0.3) is 0 Å². The summed E-state index contributed by atoms with van der Waals surface area (Å²) >= 11 is 0. The molecule has 1 aromatic carbocycles. The van der Waals surface area contributed by atoms with Gasteiger partial charge in [-0.15, -0.1) is 0 Å². The Morgan fingerprint density at radius 1 is 1.00 bits per heavy atom. The molecular formula is C17H22. The van der Waals surface area contributed by atoms with Gasteiger partial charge in [0.15, 0.2) is 0 Å². The fourth-order valence-corrected chi connectivity index (χ4v) is 5.38. The summed E-state index contributed by atoms with van der Waals surface area (Å²) in [4.78, 5) is 0. The van der Waals surface area contributed by atoms with Crippen LogP contribution in [0, 0.1) is 30.6 Å². The van der Waals surface area contributed by atoms with Gasteiger partial charge in [-0.3, -0.25) is 0 Å². The average molecular weight is 226 g/mol. The molecule has 1 aromatic rings. The van der Waals surface area contributed by atoms with Crippen molar-refractivity contribution < 1.29 is 0 Å². The van der Waals surface area contributed by atoms with Crippen molar-refractivity contribution in [3.05, 3.63) is 35.4 Å². The molecule has 0 heterocycles. The van der Waals surface area contributed by atoms with Crippen molar-refractivity contribution in [3.63, 3.8) is 0 Å². The van der Waals surface area contributed by atoms with E-state index in [0.29, 0.717) is 5.41 Å². The molecule has 90 valence electrons. The lowest BCUT2D eigenvalue weighted by atomic mass is 9.63. The van der Waals surface area contributed by atoms with Crippen LogP contribution in [0.3, 0.4) is 0 Å². The van der Waals surface area contributed by atoms with Crippen LogP contribution in [-0.4, -0.2) is 0 Å². The standard InChI is InChI=1S/C17H22/c1-11-3-5-15(6-4-11)17-8-13-7-14(9-17)16(10-17)12(13)2/h3-6,12-14,16H,7-10H2,1-2H3. The molecule has 4 aliphatic rings. The molecular weight excluding hydrogens is 204 g/mol. The van der Waals surface area contributed by atoms with Gasteiger partial charge in [-0.05, 0) is 67.3 Å². The maximum Gasteiger partial charge on any atom is -0.00387 e. The van der Waals surface area contributed by atoms with Gasteiger partial charge in [-0.1, -0.05) is 36.8 Å². The molecule has 0 aliphatic heterocycles. The van der Waals surface area contributed by atoms with Crippen LogP contribution in [0.4, 0.5) is 0 Å². The van der Waals surface area contributed by atoms with E-state index in [2.05, 4.69) is 38.1 Å². The van der Waals surface area contributed by atoms with Gasteiger partial charge in [0, 0.05) is 0 Å². The van der Waals surface area contributed by atoms with Crippen molar-refractivity contribution in [2.75, 3.05) is 0 Å². The van der Waals surface area contributed by atoms with Gasteiger partial charge < -0.3 is 0 Å². The van der Waals surface area contributed by atoms with Crippen LogP contribution >= 0.6 is 0 Å². The van der Waals surface area contributed by atoms with E-state index in [9.17, 15) is 0 Å². The summed E-state index contributed by atoms with van der Waals surface area (Å²) in [5.74, 6) is 4.16. The number of aryl methyl sites for hydroxylation is 1.